The Hall–Kier alpha value is -0.810. The third-order valence-electron chi connectivity index (χ3n) is 3.22. The predicted octanol–water partition coefficient (Wildman–Crippen LogP) is 2.83. The predicted molar refractivity (Wildman–Crippen MR) is 69.6 cm³/mol. The van der Waals surface area contributed by atoms with Gasteiger partial charge in [0.15, 0.2) is 11.5 Å². The molecule has 3 heterocycles. The summed E-state index contributed by atoms with van der Waals surface area (Å²) in [5, 5.41) is 9.02. The van der Waals surface area contributed by atoms with Crippen molar-refractivity contribution in [3.63, 3.8) is 0 Å². The van der Waals surface area contributed by atoms with Gasteiger partial charge in [-0.3, -0.25) is 4.40 Å². The number of fused-ring (bicyclic) bond motifs is 1. The first kappa shape index (κ1) is 11.3. The third-order valence-corrected chi connectivity index (χ3v) is 4.93. The van der Waals surface area contributed by atoms with E-state index in [0.29, 0.717) is 5.15 Å². The van der Waals surface area contributed by atoms with Crippen LogP contribution in [0.3, 0.4) is 0 Å². The minimum atomic E-state index is 0.0552. The number of nitrogens with zero attached hydrogens (tertiary/aromatic N) is 4. The molecule has 1 fully saturated rings. The lowest BCUT2D eigenvalue weighted by molar-refractivity contribution is 0.593. The Kier molecular flexibility index (Phi) is 2.56. The molecule has 0 aliphatic carbocycles. The molecule has 17 heavy (non-hydrogen) atoms. The maximum absolute atomic E-state index is 5.93. The Balaban J connectivity index is 2.24. The van der Waals surface area contributed by atoms with Crippen LogP contribution in [-0.2, 0) is 4.75 Å². The van der Waals surface area contributed by atoms with Crippen LogP contribution >= 0.6 is 23.4 Å². The van der Waals surface area contributed by atoms with Crippen LogP contribution in [-0.4, -0.2) is 25.3 Å². The first-order valence-corrected chi connectivity index (χ1v) is 6.99. The maximum Gasteiger partial charge on any atom is 0.165 e. The van der Waals surface area contributed by atoms with E-state index in [4.69, 9.17) is 11.6 Å². The van der Waals surface area contributed by atoms with E-state index in [2.05, 4.69) is 22.1 Å². The molecule has 90 valence electrons. The van der Waals surface area contributed by atoms with Crippen molar-refractivity contribution in [3.8, 4) is 0 Å². The number of hydrogen-bond acceptors (Lipinski definition) is 4. The molecule has 2 aromatic rings. The summed E-state index contributed by atoms with van der Waals surface area (Å²) in [5.74, 6) is 3.03. The molecule has 0 bridgehead atoms. The van der Waals surface area contributed by atoms with Gasteiger partial charge < -0.3 is 0 Å². The summed E-state index contributed by atoms with van der Waals surface area (Å²) in [7, 11) is 0. The summed E-state index contributed by atoms with van der Waals surface area (Å²) in [6, 6.07) is 1.76. The first-order valence-electron chi connectivity index (χ1n) is 5.63. The summed E-state index contributed by atoms with van der Waals surface area (Å²) in [4.78, 5) is 4.28. The average Bonchev–Trinajstić information content (AvgIpc) is 2.84. The van der Waals surface area contributed by atoms with Gasteiger partial charge in [-0.15, -0.1) is 22.0 Å². The number of aryl methyl sites for hydroxylation is 1. The fraction of sp³-hybridized carbons (Fsp3) is 0.545. The number of aromatic nitrogens is 4. The zero-order chi connectivity index (χ0) is 12.0. The second kappa shape index (κ2) is 3.85. The highest BCUT2D eigenvalue weighted by Crippen LogP contribution is 2.45. The molecule has 0 saturated carbocycles. The van der Waals surface area contributed by atoms with Gasteiger partial charge in [-0.2, -0.15) is 0 Å². The molecule has 4 nitrogen and oxygen atoms in total. The normalized spacial score (nSPS) is 24.6. The third kappa shape index (κ3) is 1.72. The van der Waals surface area contributed by atoms with Crippen molar-refractivity contribution in [1.82, 2.24) is 19.6 Å². The minimum Gasteiger partial charge on any atom is -0.265 e. The summed E-state index contributed by atoms with van der Waals surface area (Å²) >= 11 is 7.88. The molecule has 1 aliphatic rings. The van der Waals surface area contributed by atoms with Crippen molar-refractivity contribution in [2.75, 3.05) is 5.75 Å². The lowest BCUT2D eigenvalue weighted by atomic mass is 10.1. The monoisotopic (exact) mass is 268 g/mol. The second-order valence-electron chi connectivity index (χ2n) is 4.53. The molecule has 0 N–H and O–H groups in total. The summed E-state index contributed by atoms with van der Waals surface area (Å²) in [6.45, 7) is 4.17. The van der Waals surface area contributed by atoms with E-state index in [1.807, 2.05) is 23.1 Å². The van der Waals surface area contributed by atoms with Gasteiger partial charge >= 0.3 is 0 Å². The van der Waals surface area contributed by atoms with Crippen LogP contribution in [0.15, 0.2) is 6.07 Å². The Bertz CT molecular complexity index is 574. The van der Waals surface area contributed by atoms with Gasteiger partial charge in [0, 0.05) is 6.07 Å². The number of rotatable bonds is 1. The number of hydrogen-bond donors (Lipinski definition) is 0. The number of halogens is 1. The van der Waals surface area contributed by atoms with Gasteiger partial charge in [0.25, 0.3) is 0 Å². The molecule has 3 rings (SSSR count). The SMILES string of the molecule is Cc1nc(Cl)cc2nnc(C3(C)CCCS3)n12. The van der Waals surface area contributed by atoms with E-state index in [1.165, 1.54) is 12.2 Å². The van der Waals surface area contributed by atoms with E-state index >= 15 is 0 Å². The fourth-order valence-corrected chi connectivity index (χ4v) is 3.86. The van der Waals surface area contributed by atoms with Crippen LogP contribution in [0.4, 0.5) is 0 Å². The van der Waals surface area contributed by atoms with Gasteiger partial charge in [-0.25, -0.2) is 4.98 Å². The van der Waals surface area contributed by atoms with Crippen LogP contribution in [0.2, 0.25) is 5.15 Å². The molecule has 1 aliphatic heterocycles. The summed E-state index contributed by atoms with van der Waals surface area (Å²) < 4.78 is 2.07. The Morgan fingerprint density at radius 1 is 1.47 bits per heavy atom. The van der Waals surface area contributed by atoms with Crippen molar-refractivity contribution in [1.29, 1.82) is 0 Å². The zero-order valence-corrected chi connectivity index (χ0v) is 11.3. The largest absolute Gasteiger partial charge is 0.265 e. The molecule has 0 aromatic carbocycles. The zero-order valence-electron chi connectivity index (χ0n) is 9.77. The van der Waals surface area contributed by atoms with Crippen LogP contribution in [0, 0.1) is 6.92 Å². The van der Waals surface area contributed by atoms with Crippen molar-refractivity contribution in [3.05, 3.63) is 22.9 Å². The topological polar surface area (TPSA) is 43.1 Å². The van der Waals surface area contributed by atoms with Gasteiger partial charge in [-0.05, 0) is 32.4 Å². The fourth-order valence-electron chi connectivity index (χ4n) is 2.35. The van der Waals surface area contributed by atoms with Gasteiger partial charge in [0.2, 0.25) is 0 Å². The minimum absolute atomic E-state index is 0.0552. The molecular formula is C11H13ClN4S. The van der Waals surface area contributed by atoms with Crippen LogP contribution in [0.5, 0.6) is 0 Å². The maximum atomic E-state index is 5.93. The smallest absolute Gasteiger partial charge is 0.165 e. The van der Waals surface area contributed by atoms with E-state index in [0.717, 1.165) is 23.7 Å². The van der Waals surface area contributed by atoms with E-state index in [9.17, 15) is 0 Å². The average molecular weight is 269 g/mol. The number of thioether (sulfide) groups is 1. The quantitative estimate of drug-likeness (QED) is 0.746. The van der Waals surface area contributed by atoms with Crippen molar-refractivity contribution < 1.29 is 0 Å². The van der Waals surface area contributed by atoms with E-state index in [-0.39, 0.29) is 4.75 Å². The molecule has 0 spiro atoms. The van der Waals surface area contributed by atoms with Crippen molar-refractivity contribution in [2.45, 2.75) is 31.4 Å². The molecule has 1 unspecified atom stereocenters. The molecule has 0 radical (unpaired) electrons. The second-order valence-corrected chi connectivity index (χ2v) is 6.51. The highest BCUT2D eigenvalue weighted by atomic mass is 35.5. The highest BCUT2D eigenvalue weighted by Gasteiger charge is 2.36. The lowest BCUT2D eigenvalue weighted by Gasteiger charge is -2.20. The van der Waals surface area contributed by atoms with Gasteiger partial charge in [0.1, 0.15) is 11.0 Å². The first-order chi connectivity index (χ1) is 8.10. The van der Waals surface area contributed by atoms with E-state index < -0.39 is 0 Å². The van der Waals surface area contributed by atoms with Gasteiger partial charge in [0.05, 0.1) is 4.75 Å². The lowest BCUT2D eigenvalue weighted by Crippen LogP contribution is -2.18. The molecule has 0 amide bonds. The molecule has 1 atom stereocenters. The Morgan fingerprint density at radius 2 is 2.29 bits per heavy atom. The highest BCUT2D eigenvalue weighted by molar-refractivity contribution is 8.00. The standard InChI is InChI=1S/C11H13ClN4S/c1-7-13-8(12)6-9-14-15-10(16(7)9)11(2)4-3-5-17-11/h6H,3-5H2,1-2H3. The Morgan fingerprint density at radius 3 is 3.00 bits per heavy atom. The summed E-state index contributed by atoms with van der Waals surface area (Å²) in [5.41, 5.74) is 0.784. The molecule has 2 aromatic heterocycles. The van der Waals surface area contributed by atoms with Crippen molar-refractivity contribution in [2.24, 2.45) is 0 Å². The van der Waals surface area contributed by atoms with Crippen LogP contribution in [0.25, 0.3) is 5.65 Å². The summed E-state index contributed by atoms with van der Waals surface area (Å²) in [6.07, 6.45) is 2.37. The molecule has 1 saturated heterocycles. The van der Waals surface area contributed by atoms with Crippen LogP contribution in [0.1, 0.15) is 31.4 Å². The van der Waals surface area contributed by atoms with E-state index in [1.54, 1.807) is 6.07 Å². The Labute approximate surface area is 109 Å². The van der Waals surface area contributed by atoms with Gasteiger partial charge in [-0.1, -0.05) is 11.6 Å². The van der Waals surface area contributed by atoms with Crippen LogP contribution < -0.4 is 0 Å². The molecule has 6 heteroatoms. The molecular weight excluding hydrogens is 256 g/mol. The van der Waals surface area contributed by atoms with Crippen molar-refractivity contribution >= 4 is 29.0 Å².